The maximum absolute atomic E-state index is 12.2. The summed E-state index contributed by atoms with van der Waals surface area (Å²) in [6, 6.07) is 5.78. The van der Waals surface area contributed by atoms with E-state index < -0.39 is 0 Å². The number of hydrogen-bond acceptors (Lipinski definition) is 3. The summed E-state index contributed by atoms with van der Waals surface area (Å²) in [5, 5.41) is 0.996. The molecule has 0 aliphatic carbocycles. The number of aryl methyl sites for hydroxylation is 1. The zero-order valence-corrected chi connectivity index (χ0v) is 14.1. The van der Waals surface area contributed by atoms with Gasteiger partial charge in [-0.15, -0.1) is 0 Å². The van der Waals surface area contributed by atoms with Crippen molar-refractivity contribution in [2.45, 2.75) is 53.4 Å². The van der Waals surface area contributed by atoms with Crippen LogP contribution in [0.5, 0.6) is 5.75 Å². The molecule has 0 aliphatic heterocycles. The van der Waals surface area contributed by atoms with Gasteiger partial charge in [0.05, 0.1) is 6.61 Å². The first kappa shape index (κ1) is 16.6. The topological polar surface area (TPSA) is 39.4 Å². The van der Waals surface area contributed by atoms with Crippen LogP contribution in [0.4, 0.5) is 0 Å². The molecule has 0 N–H and O–H groups in total. The summed E-state index contributed by atoms with van der Waals surface area (Å²) >= 11 is 0. The number of hydrogen-bond donors (Lipinski definition) is 0. The van der Waals surface area contributed by atoms with Gasteiger partial charge < -0.3 is 9.15 Å². The molecule has 0 unspecified atom stereocenters. The smallest absolute Gasteiger partial charge is 0.339 e. The van der Waals surface area contributed by atoms with Crippen molar-refractivity contribution in [2.24, 2.45) is 5.92 Å². The van der Waals surface area contributed by atoms with Crippen molar-refractivity contribution < 1.29 is 9.15 Å². The minimum absolute atomic E-state index is 0.221. The maximum atomic E-state index is 12.2. The summed E-state index contributed by atoms with van der Waals surface area (Å²) in [6.07, 6.45) is 4.14. The lowest BCUT2D eigenvalue weighted by atomic mass is 9.98. The third kappa shape index (κ3) is 3.90. The standard InChI is InChI=1S/C19H26O3/c1-5-6-7-10-21-15-8-9-16-14(4)17(11-13(2)3)19(20)22-18(16)12-15/h8-9,12-13H,5-7,10-11H2,1-4H3. The third-order valence-corrected chi connectivity index (χ3v) is 3.89. The molecule has 0 saturated heterocycles. The average Bonchev–Trinajstić information content (AvgIpc) is 2.47. The number of rotatable bonds is 7. The molecule has 2 rings (SSSR count). The Kier molecular flexibility index (Phi) is 5.64. The lowest BCUT2D eigenvalue weighted by molar-refractivity contribution is 0.306. The van der Waals surface area contributed by atoms with Gasteiger partial charge in [0.1, 0.15) is 11.3 Å². The summed E-state index contributed by atoms with van der Waals surface area (Å²) in [5.41, 5.74) is 2.21. The molecule has 0 fully saturated rings. The van der Waals surface area contributed by atoms with Crippen molar-refractivity contribution >= 4 is 11.0 Å². The Morgan fingerprint density at radius 3 is 2.68 bits per heavy atom. The Morgan fingerprint density at radius 1 is 1.23 bits per heavy atom. The molecule has 22 heavy (non-hydrogen) atoms. The molecule has 0 radical (unpaired) electrons. The van der Waals surface area contributed by atoms with Crippen molar-refractivity contribution in [3.8, 4) is 5.75 Å². The van der Waals surface area contributed by atoms with Crippen molar-refractivity contribution in [3.63, 3.8) is 0 Å². The molecule has 0 bridgehead atoms. The Morgan fingerprint density at radius 2 is 2.00 bits per heavy atom. The molecule has 0 aliphatic rings. The Bertz CT molecular complexity index is 683. The van der Waals surface area contributed by atoms with Crippen molar-refractivity contribution in [1.29, 1.82) is 0 Å². The molecule has 0 saturated carbocycles. The highest BCUT2D eigenvalue weighted by Crippen LogP contribution is 2.25. The Balaban J connectivity index is 2.28. The van der Waals surface area contributed by atoms with Gasteiger partial charge in [0, 0.05) is 17.0 Å². The number of fused-ring (bicyclic) bond motifs is 1. The van der Waals surface area contributed by atoms with Gasteiger partial charge in [-0.2, -0.15) is 0 Å². The summed E-state index contributed by atoms with van der Waals surface area (Å²) in [6.45, 7) is 9.08. The fourth-order valence-electron chi connectivity index (χ4n) is 2.65. The van der Waals surface area contributed by atoms with E-state index in [2.05, 4.69) is 20.8 Å². The Hall–Kier alpha value is -1.77. The highest BCUT2D eigenvalue weighted by atomic mass is 16.5. The van der Waals surface area contributed by atoms with Gasteiger partial charge in [-0.3, -0.25) is 0 Å². The van der Waals surface area contributed by atoms with Gasteiger partial charge in [-0.25, -0.2) is 4.79 Å². The van der Waals surface area contributed by atoms with E-state index >= 15 is 0 Å². The largest absolute Gasteiger partial charge is 0.493 e. The molecule has 0 atom stereocenters. The number of ether oxygens (including phenoxy) is 1. The van der Waals surface area contributed by atoms with Crippen LogP contribution in [0.1, 0.15) is 51.2 Å². The van der Waals surface area contributed by atoms with Crippen LogP contribution in [-0.4, -0.2) is 6.61 Å². The van der Waals surface area contributed by atoms with E-state index in [1.807, 2.05) is 25.1 Å². The lowest BCUT2D eigenvalue weighted by Crippen LogP contribution is -2.12. The predicted molar refractivity (Wildman–Crippen MR) is 90.8 cm³/mol. The predicted octanol–water partition coefficient (Wildman–Crippen LogP) is 4.87. The second-order valence-electron chi connectivity index (χ2n) is 6.30. The molecule has 120 valence electrons. The molecule has 3 nitrogen and oxygen atoms in total. The van der Waals surface area contributed by atoms with E-state index in [-0.39, 0.29) is 5.63 Å². The quantitative estimate of drug-likeness (QED) is 0.541. The van der Waals surface area contributed by atoms with E-state index in [0.29, 0.717) is 18.1 Å². The summed E-state index contributed by atoms with van der Waals surface area (Å²) in [5.74, 6) is 1.20. The van der Waals surface area contributed by atoms with Crippen LogP contribution >= 0.6 is 0 Å². The van der Waals surface area contributed by atoms with Crippen LogP contribution in [0.25, 0.3) is 11.0 Å². The van der Waals surface area contributed by atoms with Crippen LogP contribution in [0.2, 0.25) is 0 Å². The zero-order valence-electron chi connectivity index (χ0n) is 14.1. The zero-order chi connectivity index (χ0) is 16.1. The second-order valence-corrected chi connectivity index (χ2v) is 6.30. The van der Waals surface area contributed by atoms with Crippen molar-refractivity contribution in [1.82, 2.24) is 0 Å². The first-order chi connectivity index (χ1) is 10.5. The highest BCUT2D eigenvalue weighted by Gasteiger charge is 2.13. The highest BCUT2D eigenvalue weighted by molar-refractivity contribution is 5.82. The van der Waals surface area contributed by atoms with Gasteiger partial charge in [0.2, 0.25) is 0 Å². The normalized spacial score (nSPS) is 11.3. The van der Waals surface area contributed by atoms with Gasteiger partial charge in [0.15, 0.2) is 0 Å². The summed E-state index contributed by atoms with van der Waals surface area (Å²) in [7, 11) is 0. The monoisotopic (exact) mass is 302 g/mol. The van der Waals surface area contributed by atoms with E-state index in [1.54, 1.807) is 0 Å². The molecule has 0 spiro atoms. The van der Waals surface area contributed by atoms with Gasteiger partial charge in [0.25, 0.3) is 0 Å². The summed E-state index contributed by atoms with van der Waals surface area (Å²) < 4.78 is 11.2. The molecule has 2 aromatic rings. The second kappa shape index (κ2) is 7.48. The average molecular weight is 302 g/mol. The fourth-order valence-corrected chi connectivity index (χ4v) is 2.65. The molecule has 1 aromatic carbocycles. The van der Waals surface area contributed by atoms with Crippen molar-refractivity contribution in [2.75, 3.05) is 6.61 Å². The molecule has 3 heteroatoms. The van der Waals surface area contributed by atoms with Gasteiger partial charge >= 0.3 is 5.63 Å². The summed E-state index contributed by atoms with van der Waals surface area (Å²) in [4.78, 5) is 12.2. The molecule has 1 aromatic heterocycles. The van der Waals surface area contributed by atoms with Gasteiger partial charge in [-0.05, 0) is 43.4 Å². The first-order valence-electron chi connectivity index (χ1n) is 8.22. The van der Waals surface area contributed by atoms with E-state index in [9.17, 15) is 4.79 Å². The number of benzene rings is 1. The lowest BCUT2D eigenvalue weighted by Gasteiger charge is -2.11. The molecule has 0 amide bonds. The maximum Gasteiger partial charge on any atom is 0.339 e. The fraction of sp³-hybridized carbons (Fsp3) is 0.526. The minimum Gasteiger partial charge on any atom is -0.493 e. The van der Waals surface area contributed by atoms with Crippen LogP contribution in [0.3, 0.4) is 0 Å². The minimum atomic E-state index is -0.221. The third-order valence-electron chi connectivity index (χ3n) is 3.89. The Labute approximate surface area is 132 Å². The van der Waals surface area contributed by atoms with Crippen LogP contribution in [0.15, 0.2) is 27.4 Å². The van der Waals surface area contributed by atoms with E-state index in [0.717, 1.165) is 35.1 Å². The molecule has 1 heterocycles. The van der Waals surface area contributed by atoms with Crippen LogP contribution in [0, 0.1) is 12.8 Å². The van der Waals surface area contributed by atoms with Crippen molar-refractivity contribution in [3.05, 3.63) is 39.7 Å². The molecular weight excluding hydrogens is 276 g/mol. The van der Waals surface area contributed by atoms with E-state index in [1.165, 1.54) is 12.8 Å². The molecular formula is C19H26O3. The van der Waals surface area contributed by atoms with Crippen LogP contribution < -0.4 is 10.4 Å². The van der Waals surface area contributed by atoms with Crippen LogP contribution in [-0.2, 0) is 6.42 Å². The first-order valence-corrected chi connectivity index (χ1v) is 8.22. The van der Waals surface area contributed by atoms with E-state index in [4.69, 9.17) is 9.15 Å². The SMILES string of the molecule is CCCCCOc1ccc2c(C)c(CC(C)C)c(=O)oc2c1. The van der Waals surface area contributed by atoms with Gasteiger partial charge in [-0.1, -0.05) is 33.6 Å². The number of unbranched alkanes of at least 4 members (excludes halogenated alkanes) is 2.